The van der Waals surface area contributed by atoms with Crippen molar-refractivity contribution in [2.45, 2.75) is 20.3 Å². The summed E-state index contributed by atoms with van der Waals surface area (Å²) in [6, 6.07) is 5.74. The third-order valence-corrected chi connectivity index (χ3v) is 5.53. The van der Waals surface area contributed by atoms with Crippen molar-refractivity contribution in [1.29, 1.82) is 0 Å². The van der Waals surface area contributed by atoms with Crippen molar-refractivity contribution in [2.75, 3.05) is 27.4 Å². The Morgan fingerprint density at radius 1 is 1.18 bits per heavy atom. The minimum atomic E-state index is -0.122. The van der Waals surface area contributed by atoms with Crippen LogP contribution < -0.4 is 19.5 Å². The normalized spacial score (nSPS) is 10.7. The van der Waals surface area contributed by atoms with Crippen LogP contribution >= 0.6 is 11.3 Å². The smallest absolute Gasteiger partial charge is 0.261 e. The number of hydrogen-bond acceptors (Lipinski definition) is 7. The fourth-order valence-electron chi connectivity index (χ4n) is 2.94. The van der Waals surface area contributed by atoms with Gasteiger partial charge in [0.2, 0.25) is 5.88 Å². The highest BCUT2D eigenvalue weighted by Crippen LogP contribution is 2.34. The Balaban J connectivity index is 1.70. The van der Waals surface area contributed by atoms with Gasteiger partial charge in [-0.25, -0.2) is 9.97 Å². The maximum absolute atomic E-state index is 12.7. The molecule has 1 aromatic carbocycles. The van der Waals surface area contributed by atoms with Crippen LogP contribution in [-0.4, -0.2) is 43.2 Å². The lowest BCUT2D eigenvalue weighted by molar-refractivity contribution is 0.0957. The average Bonchev–Trinajstić information content (AvgIpc) is 3.05. The van der Waals surface area contributed by atoms with Crippen molar-refractivity contribution in [1.82, 2.24) is 15.3 Å². The second-order valence-corrected chi connectivity index (χ2v) is 7.04. The Morgan fingerprint density at radius 3 is 2.68 bits per heavy atom. The molecular formula is C20H23N3O4S. The molecular weight excluding hydrogens is 378 g/mol. The number of fused-ring (bicyclic) bond motifs is 1. The predicted molar refractivity (Wildman–Crippen MR) is 109 cm³/mol. The van der Waals surface area contributed by atoms with Gasteiger partial charge < -0.3 is 19.5 Å². The number of carbonyl (C=O) groups excluding carboxylic acids is 1. The molecule has 2 heterocycles. The van der Waals surface area contributed by atoms with Crippen molar-refractivity contribution in [2.24, 2.45) is 0 Å². The fraction of sp³-hybridized carbons (Fsp3) is 0.350. The predicted octanol–water partition coefficient (Wildman–Crippen LogP) is 3.39. The molecule has 0 aliphatic heterocycles. The number of methoxy groups -OCH3 is 2. The van der Waals surface area contributed by atoms with E-state index in [1.807, 2.05) is 32.0 Å². The number of amides is 1. The van der Waals surface area contributed by atoms with Gasteiger partial charge in [-0.3, -0.25) is 4.79 Å². The molecule has 0 atom stereocenters. The minimum absolute atomic E-state index is 0.122. The van der Waals surface area contributed by atoms with Gasteiger partial charge in [0.05, 0.1) is 31.1 Å². The van der Waals surface area contributed by atoms with Gasteiger partial charge in [0.15, 0.2) is 11.5 Å². The summed E-state index contributed by atoms with van der Waals surface area (Å²) >= 11 is 1.35. The molecule has 0 saturated carbocycles. The molecule has 0 bridgehead atoms. The molecule has 0 spiro atoms. The van der Waals surface area contributed by atoms with E-state index in [9.17, 15) is 4.79 Å². The molecule has 1 N–H and O–H groups in total. The second kappa shape index (κ2) is 8.88. The third kappa shape index (κ3) is 4.01. The van der Waals surface area contributed by atoms with Crippen molar-refractivity contribution in [3.8, 4) is 17.4 Å². The van der Waals surface area contributed by atoms with Crippen molar-refractivity contribution < 1.29 is 19.0 Å². The molecule has 2 aromatic heterocycles. The number of nitrogens with one attached hydrogen (secondary N) is 1. The first kappa shape index (κ1) is 19.9. The monoisotopic (exact) mass is 401 g/mol. The van der Waals surface area contributed by atoms with E-state index in [0.717, 1.165) is 21.3 Å². The quantitative estimate of drug-likeness (QED) is 0.623. The first-order valence-corrected chi connectivity index (χ1v) is 9.76. The number of benzene rings is 1. The fourth-order valence-corrected chi connectivity index (χ4v) is 3.99. The molecule has 28 heavy (non-hydrogen) atoms. The number of aromatic nitrogens is 2. The number of nitrogens with zero attached hydrogens (tertiary/aromatic N) is 2. The highest BCUT2D eigenvalue weighted by atomic mass is 32.1. The highest BCUT2D eigenvalue weighted by Gasteiger charge is 2.19. The lowest BCUT2D eigenvalue weighted by atomic mass is 10.1. The lowest BCUT2D eigenvalue weighted by Crippen LogP contribution is -2.25. The summed E-state index contributed by atoms with van der Waals surface area (Å²) in [7, 11) is 3.21. The van der Waals surface area contributed by atoms with Gasteiger partial charge in [-0.15, -0.1) is 11.3 Å². The summed E-state index contributed by atoms with van der Waals surface area (Å²) in [5, 5.41) is 3.78. The number of carbonyl (C=O) groups is 1. The minimum Gasteiger partial charge on any atom is -0.493 e. The Labute approximate surface area is 167 Å². The van der Waals surface area contributed by atoms with Crippen LogP contribution in [-0.2, 0) is 6.42 Å². The van der Waals surface area contributed by atoms with Crippen molar-refractivity contribution >= 4 is 27.5 Å². The molecule has 0 fully saturated rings. The van der Waals surface area contributed by atoms with Crippen LogP contribution in [0.25, 0.3) is 10.2 Å². The standard InChI is InChI=1S/C20H23N3O4S/c1-5-27-19-16-12(2)17(28-20(16)23-11-22-19)18(24)21-9-8-13-6-7-14(25-3)15(10-13)26-4/h6-7,10-11H,5,8-9H2,1-4H3,(H,21,24). The van der Waals surface area contributed by atoms with Crippen molar-refractivity contribution in [3.63, 3.8) is 0 Å². The first-order chi connectivity index (χ1) is 13.6. The largest absolute Gasteiger partial charge is 0.493 e. The number of aryl methyl sites for hydroxylation is 1. The second-order valence-electron chi connectivity index (χ2n) is 6.04. The van der Waals surface area contributed by atoms with Crippen LogP contribution in [0.3, 0.4) is 0 Å². The number of hydrogen-bond donors (Lipinski definition) is 1. The van der Waals surface area contributed by atoms with Crippen LogP contribution in [0.5, 0.6) is 17.4 Å². The maximum Gasteiger partial charge on any atom is 0.261 e. The highest BCUT2D eigenvalue weighted by molar-refractivity contribution is 7.20. The van der Waals surface area contributed by atoms with E-state index in [2.05, 4.69) is 15.3 Å². The van der Waals surface area contributed by atoms with Gasteiger partial charge in [0.25, 0.3) is 5.91 Å². The van der Waals surface area contributed by atoms with Crippen LogP contribution in [0.2, 0.25) is 0 Å². The molecule has 3 rings (SSSR count). The molecule has 148 valence electrons. The Kier molecular flexibility index (Phi) is 6.30. The first-order valence-electron chi connectivity index (χ1n) is 8.95. The molecule has 3 aromatic rings. The summed E-state index contributed by atoms with van der Waals surface area (Å²) in [5.74, 6) is 1.75. The van der Waals surface area contributed by atoms with E-state index in [-0.39, 0.29) is 5.91 Å². The summed E-state index contributed by atoms with van der Waals surface area (Å²) in [4.78, 5) is 22.5. The van der Waals surface area contributed by atoms with Crippen LogP contribution in [0.4, 0.5) is 0 Å². The lowest BCUT2D eigenvalue weighted by Gasteiger charge is -2.10. The summed E-state index contributed by atoms with van der Waals surface area (Å²) < 4.78 is 16.1. The van der Waals surface area contributed by atoms with Crippen LogP contribution in [0.1, 0.15) is 27.7 Å². The van der Waals surface area contributed by atoms with E-state index in [1.54, 1.807) is 14.2 Å². The molecule has 8 heteroatoms. The zero-order chi connectivity index (χ0) is 20.1. The van der Waals surface area contributed by atoms with Crippen molar-refractivity contribution in [3.05, 3.63) is 40.5 Å². The van der Waals surface area contributed by atoms with E-state index in [1.165, 1.54) is 17.7 Å². The Bertz CT molecular complexity index is 987. The SMILES string of the molecule is CCOc1ncnc2sc(C(=O)NCCc3ccc(OC)c(OC)c3)c(C)c12. The van der Waals surface area contributed by atoms with E-state index in [4.69, 9.17) is 14.2 Å². The van der Waals surface area contributed by atoms with Crippen LogP contribution in [0.15, 0.2) is 24.5 Å². The zero-order valence-electron chi connectivity index (χ0n) is 16.4. The Morgan fingerprint density at radius 2 is 1.96 bits per heavy atom. The molecule has 7 nitrogen and oxygen atoms in total. The Hall–Kier alpha value is -2.87. The number of ether oxygens (including phenoxy) is 3. The van der Waals surface area contributed by atoms with Gasteiger partial charge in [0, 0.05) is 6.54 Å². The van der Waals surface area contributed by atoms with Gasteiger partial charge in [0.1, 0.15) is 11.2 Å². The summed E-state index contributed by atoms with van der Waals surface area (Å²) in [5.41, 5.74) is 1.89. The van der Waals surface area contributed by atoms with E-state index < -0.39 is 0 Å². The average molecular weight is 401 g/mol. The number of thiophene rings is 1. The molecule has 1 amide bonds. The maximum atomic E-state index is 12.7. The zero-order valence-corrected chi connectivity index (χ0v) is 17.2. The van der Waals surface area contributed by atoms with Gasteiger partial charge >= 0.3 is 0 Å². The molecule has 0 saturated heterocycles. The third-order valence-electron chi connectivity index (χ3n) is 4.33. The molecule has 0 aliphatic rings. The van der Waals surface area contributed by atoms with E-state index in [0.29, 0.717) is 41.8 Å². The van der Waals surface area contributed by atoms with Gasteiger partial charge in [-0.2, -0.15) is 0 Å². The molecule has 0 radical (unpaired) electrons. The summed E-state index contributed by atoms with van der Waals surface area (Å²) in [6.07, 6.45) is 2.14. The van der Waals surface area contributed by atoms with E-state index >= 15 is 0 Å². The van der Waals surface area contributed by atoms with Gasteiger partial charge in [-0.1, -0.05) is 6.07 Å². The topological polar surface area (TPSA) is 82.6 Å². The molecule has 0 unspecified atom stereocenters. The summed E-state index contributed by atoms with van der Waals surface area (Å²) in [6.45, 7) is 4.81. The number of rotatable bonds is 8. The van der Waals surface area contributed by atoms with Crippen LogP contribution in [0, 0.1) is 6.92 Å². The van der Waals surface area contributed by atoms with Gasteiger partial charge in [-0.05, 0) is 43.5 Å². The molecule has 0 aliphatic carbocycles.